The Hall–Kier alpha value is -0.370. The minimum atomic E-state index is 0.464. The average Bonchev–Trinajstić information content (AvgIpc) is 2.07. The van der Waals surface area contributed by atoms with Crippen LogP contribution in [-0.4, -0.2) is 12.3 Å². The maximum atomic E-state index is 10.5. The topological polar surface area (TPSA) is 43.1 Å². The quantitative estimate of drug-likeness (QED) is 0.631. The monoisotopic (exact) mass is 157 g/mol. The molecule has 1 saturated carbocycles. The molecule has 0 radical (unpaired) electrons. The summed E-state index contributed by atoms with van der Waals surface area (Å²) in [5, 5.41) is 0. The molecule has 1 aliphatic rings. The predicted molar refractivity (Wildman–Crippen MR) is 47.4 cm³/mol. The third-order valence-electron chi connectivity index (χ3n) is 1.70. The van der Waals surface area contributed by atoms with Gasteiger partial charge in [0.1, 0.15) is 5.78 Å². The molecule has 0 saturated heterocycles. The van der Waals surface area contributed by atoms with E-state index in [2.05, 4.69) is 6.92 Å². The normalized spacial score (nSPS) is 17.1. The van der Waals surface area contributed by atoms with Crippen LogP contribution in [0.25, 0.3) is 0 Å². The van der Waals surface area contributed by atoms with Gasteiger partial charge in [0.05, 0.1) is 0 Å². The first kappa shape index (κ1) is 10.6. The van der Waals surface area contributed by atoms with Gasteiger partial charge in [0, 0.05) is 12.8 Å². The molecule has 2 heteroatoms. The molecule has 2 nitrogen and oxygen atoms in total. The minimum absolute atomic E-state index is 0.464. The van der Waals surface area contributed by atoms with E-state index >= 15 is 0 Å². The summed E-state index contributed by atoms with van der Waals surface area (Å²) in [6.45, 7) is 2.88. The van der Waals surface area contributed by atoms with Gasteiger partial charge in [-0.1, -0.05) is 13.3 Å². The molecule has 0 aromatic rings. The van der Waals surface area contributed by atoms with Gasteiger partial charge in [0.25, 0.3) is 0 Å². The lowest BCUT2D eigenvalue weighted by Gasteiger charge is -2.05. The Balaban J connectivity index is 0.000000218. The Morgan fingerprint density at radius 2 is 1.73 bits per heavy atom. The summed E-state index contributed by atoms with van der Waals surface area (Å²) >= 11 is 0. The Bertz CT molecular complexity index is 91.7. The van der Waals surface area contributed by atoms with Crippen molar-refractivity contribution in [1.29, 1.82) is 0 Å². The van der Waals surface area contributed by atoms with Crippen molar-refractivity contribution in [1.82, 2.24) is 0 Å². The standard InChI is InChI=1S/C6H10O.C3H9N/c7-6-4-2-1-3-5-6;1-2-3-4/h1-5H2;2-4H2,1H3. The van der Waals surface area contributed by atoms with Gasteiger partial charge in [-0.05, 0) is 25.8 Å². The molecule has 0 atom stereocenters. The number of nitrogens with two attached hydrogens (primary N) is 1. The highest BCUT2D eigenvalue weighted by Gasteiger charge is 2.05. The van der Waals surface area contributed by atoms with Gasteiger partial charge in [0.15, 0.2) is 0 Å². The van der Waals surface area contributed by atoms with Crippen LogP contribution in [0.1, 0.15) is 45.4 Å². The second-order valence-electron chi connectivity index (χ2n) is 2.89. The molecule has 2 N–H and O–H groups in total. The maximum absolute atomic E-state index is 10.5. The van der Waals surface area contributed by atoms with Gasteiger partial charge >= 0.3 is 0 Å². The predicted octanol–water partition coefficient (Wildman–Crippen LogP) is 1.87. The van der Waals surface area contributed by atoms with Crippen LogP contribution in [-0.2, 0) is 4.79 Å². The molecule has 0 amide bonds. The third-order valence-corrected chi connectivity index (χ3v) is 1.70. The molecule has 0 spiro atoms. The van der Waals surface area contributed by atoms with Gasteiger partial charge in [-0.15, -0.1) is 0 Å². The van der Waals surface area contributed by atoms with Crippen molar-refractivity contribution in [2.75, 3.05) is 6.54 Å². The zero-order chi connectivity index (χ0) is 8.53. The largest absolute Gasteiger partial charge is 0.330 e. The molecule has 0 aromatic carbocycles. The number of rotatable bonds is 1. The average molecular weight is 157 g/mol. The minimum Gasteiger partial charge on any atom is -0.330 e. The molecule has 0 bridgehead atoms. The Morgan fingerprint density at radius 1 is 1.27 bits per heavy atom. The highest BCUT2D eigenvalue weighted by atomic mass is 16.1. The van der Waals surface area contributed by atoms with E-state index in [1.54, 1.807) is 0 Å². The molecular weight excluding hydrogens is 138 g/mol. The third kappa shape index (κ3) is 7.53. The van der Waals surface area contributed by atoms with E-state index < -0.39 is 0 Å². The molecule has 1 aliphatic carbocycles. The molecule has 0 heterocycles. The van der Waals surface area contributed by atoms with Crippen molar-refractivity contribution < 1.29 is 4.79 Å². The molecule has 11 heavy (non-hydrogen) atoms. The summed E-state index contributed by atoms with van der Waals surface area (Å²) in [7, 11) is 0. The number of carbonyl (C=O) groups is 1. The van der Waals surface area contributed by atoms with Crippen molar-refractivity contribution in [3.05, 3.63) is 0 Å². The van der Waals surface area contributed by atoms with E-state index in [9.17, 15) is 4.79 Å². The van der Waals surface area contributed by atoms with Crippen LogP contribution >= 0.6 is 0 Å². The van der Waals surface area contributed by atoms with Crippen LogP contribution in [0.2, 0.25) is 0 Å². The first-order valence-electron chi connectivity index (χ1n) is 4.53. The van der Waals surface area contributed by atoms with Crippen molar-refractivity contribution in [3.63, 3.8) is 0 Å². The van der Waals surface area contributed by atoms with Crippen molar-refractivity contribution in [2.24, 2.45) is 5.73 Å². The summed E-state index contributed by atoms with van der Waals surface area (Å²) in [5.41, 5.74) is 5.03. The molecule has 1 rings (SSSR count). The number of hydrogen-bond acceptors (Lipinski definition) is 2. The van der Waals surface area contributed by atoms with Gasteiger partial charge in [0.2, 0.25) is 0 Å². The summed E-state index contributed by atoms with van der Waals surface area (Å²) in [5.74, 6) is 0.464. The lowest BCUT2D eigenvalue weighted by atomic mass is 10.00. The fourth-order valence-electron chi connectivity index (χ4n) is 0.946. The molecule has 0 aromatic heterocycles. The van der Waals surface area contributed by atoms with E-state index in [-0.39, 0.29) is 0 Å². The SMILES string of the molecule is CCCN.O=C1CCCCC1. The molecule has 66 valence electrons. The summed E-state index contributed by atoms with van der Waals surface area (Å²) in [6, 6.07) is 0. The van der Waals surface area contributed by atoms with Gasteiger partial charge in [-0.3, -0.25) is 4.79 Å². The van der Waals surface area contributed by atoms with Crippen LogP contribution in [0.4, 0.5) is 0 Å². The van der Waals surface area contributed by atoms with Gasteiger partial charge in [-0.2, -0.15) is 0 Å². The highest BCUT2D eigenvalue weighted by Crippen LogP contribution is 2.12. The van der Waals surface area contributed by atoms with Crippen LogP contribution in [0.3, 0.4) is 0 Å². The zero-order valence-corrected chi connectivity index (χ0v) is 7.44. The first-order chi connectivity index (χ1) is 5.31. The second-order valence-corrected chi connectivity index (χ2v) is 2.89. The number of ketones is 1. The van der Waals surface area contributed by atoms with E-state index in [1.165, 1.54) is 6.42 Å². The van der Waals surface area contributed by atoms with E-state index in [4.69, 9.17) is 5.73 Å². The van der Waals surface area contributed by atoms with Gasteiger partial charge in [-0.25, -0.2) is 0 Å². The van der Waals surface area contributed by atoms with Crippen LogP contribution in [0, 0.1) is 0 Å². The molecule has 0 aliphatic heterocycles. The number of hydrogen-bond donors (Lipinski definition) is 1. The number of Topliss-reactive ketones (excluding diaryl/α,β-unsaturated/α-hetero) is 1. The van der Waals surface area contributed by atoms with Crippen LogP contribution in [0.5, 0.6) is 0 Å². The van der Waals surface area contributed by atoms with E-state index in [0.717, 1.165) is 38.6 Å². The molecule has 0 unspecified atom stereocenters. The maximum Gasteiger partial charge on any atom is 0.132 e. The summed E-state index contributed by atoms with van der Waals surface area (Å²) < 4.78 is 0. The van der Waals surface area contributed by atoms with Crippen LogP contribution < -0.4 is 5.73 Å². The highest BCUT2D eigenvalue weighted by molar-refractivity contribution is 5.78. The van der Waals surface area contributed by atoms with Crippen molar-refractivity contribution in [3.8, 4) is 0 Å². The van der Waals surface area contributed by atoms with Crippen molar-refractivity contribution >= 4 is 5.78 Å². The van der Waals surface area contributed by atoms with Crippen molar-refractivity contribution in [2.45, 2.75) is 45.4 Å². The zero-order valence-electron chi connectivity index (χ0n) is 7.44. The molecule has 1 fully saturated rings. The Morgan fingerprint density at radius 3 is 1.91 bits per heavy atom. The second kappa shape index (κ2) is 7.73. The van der Waals surface area contributed by atoms with Gasteiger partial charge < -0.3 is 5.73 Å². The first-order valence-corrected chi connectivity index (χ1v) is 4.53. The Kier molecular flexibility index (Phi) is 7.47. The fourth-order valence-corrected chi connectivity index (χ4v) is 0.946. The summed E-state index contributed by atoms with van der Waals surface area (Å²) in [4.78, 5) is 10.5. The lowest BCUT2D eigenvalue weighted by Crippen LogP contribution is -2.02. The van der Waals surface area contributed by atoms with E-state index in [1.807, 2.05) is 0 Å². The van der Waals surface area contributed by atoms with Crippen LogP contribution in [0.15, 0.2) is 0 Å². The summed E-state index contributed by atoms with van der Waals surface area (Å²) in [6.07, 6.45) is 6.34. The Labute approximate surface area is 69.2 Å². The molecular formula is C9H19NO. The smallest absolute Gasteiger partial charge is 0.132 e. The van der Waals surface area contributed by atoms with E-state index in [0.29, 0.717) is 5.78 Å². The fraction of sp³-hybridized carbons (Fsp3) is 0.889. The lowest BCUT2D eigenvalue weighted by molar-refractivity contribution is -0.120. The number of carbonyl (C=O) groups excluding carboxylic acids is 1.